The lowest BCUT2D eigenvalue weighted by Crippen LogP contribution is -2.36. The van der Waals surface area contributed by atoms with Crippen LogP contribution in [0.4, 0.5) is 11.4 Å². The summed E-state index contributed by atoms with van der Waals surface area (Å²) in [5.41, 5.74) is 2.79. The van der Waals surface area contributed by atoms with Gasteiger partial charge in [0.25, 0.3) is 5.91 Å². The minimum absolute atomic E-state index is 0.0322. The van der Waals surface area contributed by atoms with E-state index in [0.717, 1.165) is 6.07 Å². The van der Waals surface area contributed by atoms with Crippen LogP contribution in [-0.4, -0.2) is 44.4 Å². The zero-order valence-electron chi connectivity index (χ0n) is 16.5. The van der Waals surface area contributed by atoms with Crippen LogP contribution in [0.2, 0.25) is 0 Å². The van der Waals surface area contributed by atoms with E-state index in [-0.39, 0.29) is 40.5 Å². The molecular formula is C18H22N3O8S. The van der Waals surface area contributed by atoms with Gasteiger partial charge in [0.2, 0.25) is 0 Å². The number of amides is 1. The second-order valence-corrected chi connectivity index (χ2v) is 6.92. The van der Waals surface area contributed by atoms with Crippen LogP contribution < -0.4 is 29.5 Å². The minimum atomic E-state index is -4.94. The van der Waals surface area contributed by atoms with Gasteiger partial charge in [-0.1, -0.05) is 0 Å². The third-order valence-electron chi connectivity index (χ3n) is 3.77. The molecule has 163 valence electrons. The first-order valence-corrected chi connectivity index (χ1v) is 10.2. The van der Waals surface area contributed by atoms with Crippen LogP contribution in [0.3, 0.4) is 0 Å². The zero-order valence-corrected chi connectivity index (χ0v) is 17.3. The first-order valence-electron chi connectivity index (χ1n) is 8.76. The van der Waals surface area contributed by atoms with Gasteiger partial charge in [-0.2, -0.15) is 8.42 Å². The largest absolute Gasteiger partial charge is 0.497 e. The highest BCUT2D eigenvalue weighted by molar-refractivity contribution is 7.87. The molecule has 0 aliphatic heterocycles. The Bertz CT molecular complexity index is 980. The van der Waals surface area contributed by atoms with E-state index in [9.17, 15) is 17.8 Å². The molecule has 0 spiro atoms. The molecular weight excluding hydrogens is 418 g/mol. The fourth-order valence-corrected chi connectivity index (χ4v) is 2.98. The zero-order chi connectivity index (χ0) is 22.3. The molecule has 0 bridgehead atoms. The third-order valence-corrected chi connectivity index (χ3v) is 4.47. The Balaban J connectivity index is 2.49. The average molecular weight is 440 g/mol. The first-order chi connectivity index (χ1) is 14.2. The van der Waals surface area contributed by atoms with Crippen molar-refractivity contribution in [1.82, 2.24) is 5.59 Å². The van der Waals surface area contributed by atoms with Gasteiger partial charge in [-0.05, 0) is 38.1 Å². The second kappa shape index (κ2) is 10.1. The molecule has 1 amide bonds. The third kappa shape index (κ3) is 5.51. The highest BCUT2D eigenvalue weighted by Crippen LogP contribution is 2.39. The molecule has 0 fully saturated rings. The Morgan fingerprint density at radius 2 is 1.70 bits per heavy atom. The van der Waals surface area contributed by atoms with Gasteiger partial charge in [0.05, 0.1) is 26.0 Å². The summed E-state index contributed by atoms with van der Waals surface area (Å²) in [6, 6.07) is 8.84. The summed E-state index contributed by atoms with van der Waals surface area (Å²) in [6.07, 6.45) is 0. The molecule has 0 atom stereocenters. The molecule has 30 heavy (non-hydrogen) atoms. The van der Waals surface area contributed by atoms with Crippen molar-refractivity contribution in [3.63, 3.8) is 0 Å². The number of carbonyl (C=O) groups is 1. The van der Waals surface area contributed by atoms with E-state index >= 15 is 0 Å². The van der Waals surface area contributed by atoms with Gasteiger partial charge >= 0.3 is 10.3 Å². The van der Waals surface area contributed by atoms with Crippen molar-refractivity contribution < 1.29 is 37.2 Å². The van der Waals surface area contributed by atoms with Gasteiger partial charge < -0.3 is 19.5 Å². The predicted octanol–water partition coefficient (Wildman–Crippen LogP) is 2.26. The summed E-state index contributed by atoms with van der Waals surface area (Å²) in [5, 5.41) is 11.7. The van der Waals surface area contributed by atoms with Gasteiger partial charge in [-0.15, -0.1) is 4.41 Å². The lowest BCUT2D eigenvalue weighted by atomic mass is 10.2. The molecule has 0 unspecified atom stereocenters. The average Bonchev–Trinajstić information content (AvgIpc) is 2.70. The molecule has 0 aliphatic carbocycles. The summed E-state index contributed by atoms with van der Waals surface area (Å²) in [6.45, 7) is 3.63. The Morgan fingerprint density at radius 1 is 1.10 bits per heavy atom. The van der Waals surface area contributed by atoms with Crippen LogP contribution in [0, 0.1) is 0 Å². The number of methoxy groups -OCH3 is 1. The van der Waals surface area contributed by atoms with Crippen LogP contribution in [0.1, 0.15) is 24.2 Å². The number of nitrogens with zero attached hydrogens (tertiary/aromatic N) is 2. The van der Waals surface area contributed by atoms with Crippen LogP contribution in [0.5, 0.6) is 17.2 Å². The van der Waals surface area contributed by atoms with Crippen molar-refractivity contribution >= 4 is 27.6 Å². The quantitative estimate of drug-likeness (QED) is 0.376. The minimum Gasteiger partial charge on any atom is -0.497 e. The summed E-state index contributed by atoms with van der Waals surface area (Å²) in [5.74, 6) is 0.103. The number of rotatable bonds is 10. The Hall–Kier alpha value is -3.06. The topological polar surface area (TPSA) is 149 Å². The van der Waals surface area contributed by atoms with Crippen LogP contribution in [0.15, 0.2) is 36.4 Å². The molecule has 11 nitrogen and oxygen atoms in total. The van der Waals surface area contributed by atoms with Gasteiger partial charge in [0.15, 0.2) is 0 Å². The van der Waals surface area contributed by atoms with Gasteiger partial charge in [0.1, 0.15) is 22.9 Å². The number of hydrogen-bond donors (Lipinski definition) is 3. The lowest BCUT2D eigenvalue weighted by Gasteiger charge is -2.21. The molecule has 2 aromatic rings. The maximum absolute atomic E-state index is 12.6. The Labute approximate surface area is 174 Å². The first kappa shape index (κ1) is 23.2. The summed E-state index contributed by atoms with van der Waals surface area (Å²) in [4.78, 5) is 12.6. The van der Waals surface area contributed by atoms with Gasteiger partial charge in [0, 0.05) is 23.3 Å². The second-order valence-electron chi connectivity index (χ2n) is 5.67. The van der Waals surface area contributed by atoms with E-state index in [0.29, 0.717) is 11.3 Å². The van der Waals surface area contributed by atoms with E-state index in [1.54, 1.807) is 38.1 Å². The number of benzene rings is 2. The van der Waals surface area contributed by atoms with E-state index in [1.807, 2.05) is 0 Å². The Morgan fingerprint density at radius 3 is 2.20 bits per heavy atom. The smallest absolute Gasteiger partial charge is 0.377 e. The fourth-order valence-electron chi connectivity index (χ4n) is 2.50. The maximum Gasteiger partial charge on any atom is 0.377 e. The van der Waals surface area contributed by atoms with Crippen LogP contribution >= 0.6 is 0 Å². The number of hydrogen-bond acceptors (Lipinski definition) is 7. The number of anilines is 2. The number of carbonyl (C=O) groups excluding carboxylic acids is 1. The van der Waals surface area contributed by atoms with Crippen molar-refractivity contribution in [2.45, 2.75) is 13.8 Å². The van der Waals surface area contributed by atoms with E-state index < -0.39 is 16.2 Å². The lowest BCUT2D eigenvalue weighted by molar-refractivity contribution is 0.102. The number of nitrogens with one attached hydrogen (secondary N) is 1. The van der Waals surface area contributed by atoms with E-state index in [1.165, 1.54) is 13.2 Å². The van der Waals surface area contributed by atoms with Crippen LogP contribution in [-0.2, 0) is 10.3 Å². The fraction of sp³-hybridized carbons (Fsp3) is 0.278. The SMILES string of the molecule is CCOc1cc(N([N]O)S(=O)(=O)O)c(OCC)cc1NC(=O)c1ccc(OC)cc1. The maximum atomic E-state index is 12.6. The van der Waals surface area contributed by atoms with Crippen molar-refractivity contribution in [1.29, 1.82) is 0 Å². The molecule has 12 heteroatoms. The summed E-state index contributed by atoms with van der Waals surface area (Å²) < 4.78 is 48.3. The van der Waals surface area contributed by atoms with Crippen molar-refractivity contribution in [2.24, 2.45) is 0 Å². The van der Waals surface area contributed by atoms with Gasteiger partial charge in [-0.25, -0.2) is 0 Å². The van der Waals surface area contributed by atoms with Crippen LogP contribution in [0.25, 0.3) is 0 Å². The molecule has 0 heterocycles. The normalized spacial score (nSPS) is 11.0. The summed E-state index contributed by atoms with van der Waals surface area (Å²) in [7, 11) is -3.44. The number of ether oxygens (including phenoxy) is 3. The molecule has 3 N–H and O–H groups in total. The van der Waals surface area contributed by atoms with E-state index in [2.05, 4.69) is 10.9 Å². The predicted molar refractivity (Wildman–Crippen MR) is 108 cm³/mol. The van der Waals surface area contributed by atoms with E-state index in [4.69, 9.17) is 19.4 Å². The molecule has 0 saturated carbocycles. The summed E-state index contributed by atoms with van der Waals surface area (Å²) >= 11 is 0. The molecule has 0 saturated heterocycles. The highest BCUT2D eigenvalue weighted by Gasteiger charge is 2.27. The Kier molecular flexibility index (Phi) is 7.83. The monoisotopic (exact) mass is 440 g/mol. The van der Waals surface area contributed by atoms with Crippen molar-refractivity contribution in [3.8, 4) is 17.2 Å². The molecule has 1 radical (unpaired) electrons. The highest BCUT2D eigenvalue weighted by atomic mass is 32.2. The van der Waals surface area contributed by atoms with Crippen molar-refractivity contribution in [3.05, 3.63) is 42.0 Å². The van der Waals surface area contributed by atoms with Gasteiger partial charge in [-0.3, -0.25) is 14.6 Å². The molecule has 0 aromatic heterocycles. The molecule has 2 rings (SSSR count). The standard InChI is InChI=1S/C18H22N3O8S/c1-4-28-16-11-15(21(20-23)30(24,25)26)17(29-5-2)10-14(16)19-18(22)12-6-8-13(27-3)9-7-12/h6-11,23H,4-5H2,1-3H3,(H,19,22)(H,24,25,26). The van der Waals surface area contributed by atoms with Crippen molar-refractivity contribution in [2.75, 3.05) is 30.1 Å². The molecule has 0 aliphatic rings. The molecule has 2 aromatic carbocycles.